The van der Waals surface area contributed by atoms with Gasteiger partial charge in [-0.15, -0.1) is 0 Å². The van der Waals surface area contributed by atoms with Crippen molar-refractivity contribution in [2.45, 2.75) is 50.9 Å². The van der Waals surface area contributed by atoms with Crippen LogP contribution in [0.25, 0.3) is 0 Å². The number of aromatic nitrogens is 2. The summed E-state index contributed by atoms with van der Waals surface area (Å²) in [4.78, 5) is 0. The Balaban J connectivity index is 2.12. The minimum atomic E-state index is -4.15. The van der Waals surface area contributed by atoms with Crippen LogP contribution in [0.1, 0.15) is 38.3 Å². The van der Waals surface area contributed by atoms with Crippen molar-refractivity contribution >= 4 is 0 Å². The highest BCUT2D eigenvalue weighted by Gasteiger charge is 2.46. The first-order chi connectivity index (χ1) is 8.37. The molecule has 0 bridgehead atoms. The molecule has 18 heavy (non-hydrogen) atoms. The Morgan fingerprint density at radius 2 is 2.06 bits per heavy atom. The Morgan fingerprint density at radius 1 is 1.44 bits per heavy atom. The monoisotopic (exact) mass is 262 g/mol. The van der Waals surface area contributed by atoms with Crippen LogP contribution in [0.2, 0.25) is 0 Å². The molecule has 1 heterocycles. The van der Waals surface area contributed by atoms with Gasteiger partial charge in [-0.1, -0.05) is 0 Å². The third-order valence-electron chi connectivity index (χ3n) is 3.77. The summed E-state index contributed by atoms with van der Waals surface area (Å²) in [5, 5.41) is 14.6. The Morgan fingerprint density at radius 3 is 2.56 bits per heavy atom. The number of hydrogen-bond acceptors (Lipinski definition) is 2. The molecule has 0 radical (unpaired) electrons. The van der Waals surface area contributed by atoms with E-state index in [2.05, 4.69) is 5.10 Å². The normalized spacial score (nSPS) is 29.5. The third-order valence-corrected chi connectivity index (χ3v) is 3.77. The largest absolute Gasteiger partial charge is 0.391 e. The van der Waals surface area contributed by atoms with Gasteiger partial charge in [0.25, 0.3) is 0 Å². The van der Waals surface area contributed by atoms with Crippen LogP contribution in [0.15, 0.2) is 12.3 Å². The van der Waals surface area contributed by atoms with Gasteiger partial charge in [0.05, 0.1) is 11.6 Å². The lowest BCUT2D eigenvalue weighted by Crippen LogP contribution is -2.37. The van der Waals surface area contributed by atoms with Gasteiger partial charge < -0.3 is 5.11 Å². The van der Waals surface area contributed by atoms with Crippen LogP contribution < -0.4 is 0 Å². The maximum atomic E-state index is 12.6. The molecular formula is C12H17F3N2O. The molecule has 102 valence electrons. The van der Waals surface area contributed by atoms with E-state index in [1.807, 2.05) is 6.92 Å². The number of halogens is 3. The molecule has 1 aromatic heterocycles. The van der Waals surface area contributed by atoms with E-state index in [4.69, 9.17) is 0 Å². The van der Waals surface area contributed by atoms with Crippen molar-refractivity contribution in [2.24, 2.45) is 5.92 Å². The number of hydrogen-bond donors (Lipinski definition) is 1. The minimum Gasteiger partial charge on any atom is -0.384 e. The van der Waals surface area contributed by atoms with Crippen LogP contribution in [-0.2, 0) is 12.1 Å². The lowest BCUT2D eigenvalue weighted by molar-refractivity contribution is -0.193. The van der Waals surface area contributed by atoms with Crippen LogP contribution in [0.3, 0.4) is 0 Å². The molecule has 0 spiro atoms. The highest BCUT2D eigenvalue weighted by molar-refractivity contribution is 5.13. The van der Waals surface area contributed by atoms with E-state index in [1.54, 1.807) is 16.9 Å². The first-order valence-corrected chi connectivity index (χ1v) is 6.18. The molecule has 0 aliphatic heterocycles. The number of alkyl halides is 3. The molecule has 1 aliphatic carbocycles. The molecule has 1 fully saturated rings. The molecule has 0 aromatic carbocycles. The zero-order valence-electron chi connectivity index (χ0n) is 10.2. The van der Waals surface area contributed by atoms with E-state index < -0.39 is 17.7 Å². The van der Waals surface area contributed by atoms with E-state index in [-0.39, 0.29) is 25.7 Å². The van der Waals surface area contributed by atoms with Gasteiger partial charge in [-0.2, -0.15) is 18.3 Å². The predicted octanol–water partition coefficient (Wildman–Crippen LogP) is 2.84. The summed E-state index contributed by atoms with van der Waals surface area (Å²) in [7, 11) is 0. The number of aryl methyl sites for hydroxylation is 1. The van der Waals surface area contributed by atoms with E-state index in [1.165, 1.54) is 0 Å². The van der Waals surface area contributed by atoms with Crippen LogP contribution in [0.4, 0.5) is 13.2 Å². The summed E-state index contributed by atoms with van der Waals surface area (Å²) >= 11 is 0. The quantitative estimate of drug-likeness (QED) is 0.890. The maximum absolute atomic E-state index is 12.6. The predicted molar refractivity (Wildman–Crippen MR) is 59.8 cm³/mol. The van der Waals surface area contributed by atoms with Crippen LogP contribution in [-0.4, -0.2) is 21.1 Å². The maximum Gasteiger partial charge on any atom is 0.391 e. The summed E-state index contributed by atoms with van der Waals surface area (Å²) in [6, 6.07) is 1.69. The minimum absolute atomic E-state index is 0.0190. The zero-order chi connectivity index (χ0) is 13.4. The SMILES string of the molecule is CCn1nccc1C1(O)CCC(C(F)(F)F)CC1. The fourth-order valence-electron chi connectivity index (χ4n) is 2.66. The smallest absolute Gasteiger partial charge is 0.384 e. The van der Waals surface area contributed by atoms with Gasteiger partial charge in [0, 0.05) is 12.7 Å². The zero-order valence-corrected chi connectivity index (χ0v) is 10.2. The Kier molecular flexibility index (Phi) is 3.40. The number of nitrogens with zero attached hydrogens (tertiary/aromatic N) is 2. The first kappa shape index (κ1) is 13.4. The Labute approximate surface area is 104 Å². The van der Waals surface area contributed by atoms with Crippen molar-refractivity contribution in [3.63, 3.8) is 0 Å². The van der Waals surface area contributed by atoms with Gasteiger partial charge in [0.2, 0.25) is 0 Å². The van der Waals surface area contributed by atoms with E-state index in [0.29, 0.717) is 12.2 Å². The van der Waals surface area contributed by atoms with Gasteiger partial charge in [-0.3, -0.25) is 4.68 Å². The molecule has 1 aliphatic rings. The first-order valence-electron chi connectivity index (χ1n) is 6.18. The number of aliphatic hydroxyl groups is 1. The van der Waals surface area contributed by atoms with Crippen molar-refractivity contribution in [3.05, 3.63) is 18.0 Å². The summed E-state index contributed by atoms with van der Waals surface area (Å²) in [6.07, 6.45) is -2.32. The highest BCUT2D eigenvalue weighted by atomic mass is 19.4. The average Bonchev–Trinajstić information content (AvgIpc) is 2.77. The van der Waals surface area contributed by atoms with Gasteiger partial charge in [0.1, 0.15) is 5.60 Å². The Hall–Kier alpha value is -1.04. The lowest BCUT2D eigenvalue weighted by Gasteiger charge is -2.36. The van der Waals surface area contributed by atoms with Gasteiger partial charge in [0.15, 0.2) is 0 Å². The summed E-state index contributed by atoms with van der Waals surface area (Å²) in [5.41, 5.74) is -0.528. The standard InChI is InChI=1S/C12H17F3N2O/c1-2-17-10(5-8-16-17)11(18)6-3-9(4-7-11)12(13,14)15/h5,8-9,18H,2-4,6-7H2,1H3. The fraction of sp³-hybridized carbons (Fsp3) is 0.750. The molecular weight excluding hydrogens is 245 g/mol. The lowest BCUT2D eigenvalue weighted by atomic mass is 9.77. The third kappa shape index (κ3) is 2.39. The second kappa shape index (κ2) is 4.57. The van der Waals surface area contributed by atoms with Crippen molar-refractivity contribution < 1.29 is 18.3 Å². The summed E-state index contributed by atoms with van der Waals surface area (Å²) in [5.74, 6) is -1.28. The van der Waals surface area contributed by atoms with Crippen molar-refractivity contribution in [1.29, 1.82) is 0 Å². The molecule has 6 heteroatoms. The number of rotatable bonds is 2. The van der Waals surface area contributed by atoms with Gasteiger partial charge in [-0.05, 0) is 38.7 Å². The van der Waals surface area contributed by atoms with Crippen molar-refractivity contribution in [2.75, 3.05) is 0 Å². The van der Waals surface area contributed by atoms with Crippen molar-refractivity contribution in [1.82, 2.24) is 9.78 Å². The van der Waals surface area contributed by atoms with E-state index in [0.717, 1.165) is 0 Å². The second-order valence-electron chi connectivity index (χ2n) is 4.88. The highest BCUT2D eigenvalue weighted by Crippen LogP contribution is 2.44. The summed E-state index contributed by atoms with van der Waals surface area (Å²) < 4.78 is 39.4. The molecule has 1 aromatic rings. The molecule has 3 nitrogen and oxygen atoms in total. The van der Waals surface area contributed by atoms with Crippen LogP contribution >= 0.6 is 0 Å². The second-order valence-corrected chi connectivity index (χ2v) is 4.88. The molecule has 0 atom stereocenters. The van der Waals surface area contributed by atoms with E-state index in [9.17, 15) is 18.3 Å². The molecule has 1 saturated carbocycles. The molecule has 1 N–H and O–H groups in total. The van der Waals surface area contributed by atoms with E-state index >= 15 is 0 Å². The Bertz CT molecular complexity index is 406. The summed E-state index contributed by atoms with van der Waals surface area (Å²) in [6.45, 7) is 2.49. The fourth-order valence-corrected chi connectivity index (χ4v) is 2.66. The van der Waals surface area contributed by atoms with Crippen molar-refractivity contribution in [3.8, 4) is 0 Å². The van der Waals surface area contributed by atoms with Gasteiger partial charge >= 0.3 is 6.18 Å². The molecule has 0 saturated heterocycles. The van der Waals surface area contributed by atoms with Crippen LogP contribution in [0.5, 0.6) is 0 Å². The molecule has 2 rings (SSSR count). The topological polar surface area (TPSA) is 38.0 Å². The average molecular weight is 262 g/mol. The molecule has 0 amide bonds. The van der Waals surface area contributed by atoms with Gasteiger partial charge in [-0.25, -0.2) is 0 Å². The molecule has 0 unspecified atom stereocenters. The van der Waals surface area contributed by atoms with Crippen LogP contribution in [0, 0.1) is 5.92 Å².